The van der Waals surface area contributed by atoms with Crippen LogP contribution in [0.3, 0.4) is 0 Å². The topological polar surface area (TPSA) is 38.3 Å². The number of carbonyl (C=O) groups excluding carboxylic acids is 1. The van der Waals surface area contributed by atoms with Gasteiger partial charge in [0.2, 0.25) is 0 Å². The van der Waals surface area contributed by atoms with Crippen LogP contribution < -0.4 is 5.32 Å². The molecule has 0 fully saturated rings. The zero-order valence-electron chi connectivity index (χ0n) is 13.3. The number of hydrogen-bond donors (Lipinski definition) is 1. The van der Waals surface area contributed by atoms with Gasteiger partial charge in [-0.25, -0.2) is 9.18 Å². The summed E-state index contributed by atoms with van der Waals surface area (Å²) < 4.78 is 18.6. The lowest BCUT2D eigenvalue weighted by atomic mass is 10.1. The molecule has 1 aromatic rings. The second-order valence-electron chi connectivity index (χ2n) is 5.90. The van der Waals surface area contributed by atoms with E-state index in [1.165, 1.54) is 0 Å². The molecule has 1 rings (SSSR count). The Morgan fingerprint density at radius 3 is 2.38 bits per heavy atom. The molecule has 4 heteroatoms. The van der Waals surface area contributed by atoms with E-state index in [1.54, 1.807) is 26.0 Å². The molecular formula is C17H22FNO2. The molecule has 0 aliphatic heterocycles. The monoisotopic (exact) mass is 291 g/mol. The van der Waals surface area contributed by atoms with Gasteiger partial charge in [-0.05, 0) is 57.9 Å². The Labute approximate surface area is 125 Å². The highest BCUT2D eigenvalue weighted by atomic mass is 19.1. The van der Waals surface area contributed by atoms with Crippen molar-refractivity contribution < 1.29 is 13.9 Å². The van der Waals surface area contributed by atoms with Crippen molar-refractivity contribution in [2.24, 2.45) is 0 Å². The van der Waals surface area contributed by atoms with E-state index >= 15 is 0 Å². The summed E-state index contributed by atoms with van der Waals surface area (Å²) in [4.78, 5) is 11.4. The minimum Gasteiger partial charge on any atom is -0.444 e. The number of aryl methyl sites for hydroxylation is 2. The predicted molar refractivity (Wildman–Crippen MR) is 81.6 cm³/mol. The van der Waals surface area contributed by atoms with Crippen LogP contribution in [0.25, 0.3) is 0 Å². The molecule has 0 radical (unpaired) electrons. The largest absolute Gasteiger partial charge is 0.444 e. The number of halogens is 1. The maximum absolute atomic E-state index is 13.5. The van der Waals surface area contributed by atoms with Crippen LogP contribution in [0.2, 0.25) is 0 Å². The van der Waals surface area contributed by atoms with Gasteiger partial charge < -0.3 is 10.1 Å². The summed E-state index contributed by atoms with van der Waals surface area (Å²) >= 11 is 0. The third-order valence-electron chi connectivity index (χ3n) is 2.59. The number of ether oxygens (including phenoxy) is 1. The summed E-state index contributed by atoms with van der Waals surface area (Å²) in [5, 5.41) is 2.63. The molecule has 1 N–H and O–H groups in total. The zero-order valence-corrected chi connectivity index (χ0v) is 13.3. The van der Waals surface area contributed by atoms with E-state index in [2.05, 4.69) is 17.2 Å². The maximum atomic E-state index is 13.5. The predicted octanol–water partition coefficient (Wildman–Crippen LogP) is 3.71. The van der Waals surface area contributed by atoms with E-state index in [9.17, 15) is 9.18 Å². The molecule has 0 saturated heterocycles. The van der Waals surface area contributed by atoms with E-state index in [-0.39, 0.29) is 5.82 Å². The van der Waals surface area contributed by atoms with Crippen LogP contribution in [-0.2, 0) is 4.74 Å². The normalized spacial score (nSPS) is 10.6. The molecule has 3 nitrogen and oxygen atoms in total. The quantitative estimate of drug-likeness (QED) is 0.666. The Bertz CT molecular complexity index is 554. The standard InChI is InChI=1S/C17H22FNO2/c1-12-10-14(11-13(2)15(12)18)8-6-7-9-19-16(20)21-17(3,4)5/h10-11H,7,9H2,1-5H3,(H,19,20). The van der Waals surface area contributed by atoms with E-state index in [4.69, 9.17) is 4.74 Å². The molecule has 1 aromatic carbocycles. The molecular weight excluding hydrogens is 269 g/mol. The van der Waals surface area contributed by atoms with Crippen molar-refractivity contribution >= 4 is 6.09 Å². The van der Waals surface area contributed by atoms with Crippen molar-refractivity contribution in [3.8, 4) is 11.8 Å². The Morgan fingerprint density at radius 2 is 1.86 bits per heavy atom. The van der Waals surface area contributed by atoms with Crippen LogP contribution in [0.15, 0.2) is 12.1 Å². The van der Waals surface area contributed by atoms with E-state index in [0.717, 1.165) is 5.56 Å². The summed E-state index contributed by atoms with van der Waals surface area (Å²) in [6.45, 7) is 9.29. The fraction of sp³-hybridized carbons (Fsp3) is 0.471. The summed E-state index contributed by atoms with van der Waals surface area (Å²) in [5.41, 5.74) is 1.46. The third-order valence-corrected chi connectivity index (χ3v) is 2.59. The van der Waals surface area contributed by atoms with Gasteiger partial charge in [0.1, 0.15) is 11.4 Å². The van der Waals surface area contributed by atoms with Crippen LogP contribution in [0, 0.1) is 31.5 Å². The molecule has 0 heterocycles. The highest BCUT2D eigenvalue weighted by molar-refractivity contribution is 5.67. The number of hydrogen-bond acceptors (Lipinski definition) is 2. The highest BCUT2D eigenvalue weighted by Crippen LogP contribution is 2.13. The molecule has 114 valence electrons. The Balaban J connectivity index is 2.46. The fourth-order valence-electron chi connectivity index (χ4n) is 1.72. The van der Waals surface area contributed by atoms with E-state index < -0.39 is 11.7 Å². The Kier molecular flexibility index (Phi) is 5.78. The summed E-state index contributed by atoms with van der Waals surface area (Å²) in [7, 11) is 0. The highest BCUT2D eigenvalue weighted by Gasteiger charge is 2.15. The number of carbonyl (C=O) groups is 1. The first-order chi connectivity index (χ1) is 9.69. The number of nitrogens with one attached hydrogen (secondary N) is 1. The smallest absolute Gasteiger partial charge is 0.407 e. The molecule has 0 aromatic heterocycles. The number of amides is 1. The molecule has 21 heavy (non-hydrogen) atoms. The average Bonchev–Trinajstić information content (AvgIpc) is 2.33. The van der Waals surface area contributed by atoms with Gasteiger partial charge in [0.05, 0.1) is 0 Å². The van der Waals surface area contributed by atoms with Crippen molar-refractivity contribution in [2.75, 3.05) is 6.54 Å². The van der Waals surface area contributed by atoms with Crippen LogP contribution in [0.4, 0.5) is 9.18 Å². The maximum Gasteiger partial charge on any atom is 0.407 e. The molecule has 0 unspecified atom stereocenters. The van der Waals surface area contributed by atoms with Gasteiger partial charge in [-0.3, -0.25) is 0 Å². The summed E-state index contributed by atoms with van der Waals surface area (Å²) in [5.74, 6) is 5.73. The van der Waals surface area contributed by atoms with Gasteiger partial charge in [0, 0.05) is 18.5 Å². The summed E-state index contributed by atoms with van der Waals surface area (Å²) in [6, 6.07) is 3.44. The second-order valence-corrected chi connectivity index (χ2v) is 5.90. The van der Waals surface area contributed by atoms with Gasteiger partial charge in [-0.2, -0.15) is 0 Å². The van der Waals surface area contributed by atoms with Crippen molar-refractivity contribution in [2.45, 2.75) is 46.6 Å². The van der Waals surface area contributed by atoms with Gasteiger partial charge in [-0.1, -0.05) is 11.8 Å². The lowest BCUT2D eigenvalue weighted by Crippen LogP contribution is -2.32. The number of alkyl carbamates (subject to hydrolysis) is 1. The van der Waals surface area contributed by atoms with Crippen LogP contribution in [0.5, 0.6) is 0 Å². The molecule has 1 amide bonds. The van der Waals surface area contributed by atoms with E-state index in [1.807, 2.05) is 20.8 Å². The van der Waals surface area contributed by atoms with Crippen LogP contribution in [-0.4, -0.2) is 18.2 Å². The fourth-order valence-corrected chi connectivity index (χ4v) is 1.72. The first-order valence-corrected chi connectivity index (χ1v) is 6.91. The average molecular weight is 291 g/mol. The molecule has 0 atom stereocenters. The van der Waals surface area contributed by atoms with Crippen LogP contribution in [0.1, 0.15) is 43.9 Å². The summed E-state index contributed by atoms with van der Waals surface area (Å²) in [6.07, 6.45) is 0.0621. The van der Waals surface area contributed by atoms with E-state index in [0.29, 0.717) is 24.1 Å². The van der Waals surface area contributed by atoms with Gasteiger partial charge in [0.25, 0.3) is 0 Å². The molecule has 0 aliphatic carbocycles. The van der Waals surface area contributed by atoms with Crippen molar-refractivity contribution in [3.63, 3.8) is 0 Å². The minimum absolute atomic E-state index is 0.188. The molecule has 0 aliphatic rings. The van der Waals surface area contributed by atoms with Crippen molar-refractivity contribution in [1.82, 2.24) is 5.32 Å². The second kappa shape index (κ2) is 7.12. The molecule has 0 bridgehead atoms. The lowest BCUT2D eigenvalue weighted by Gasteiger charge is -2.19. The Hall–Kier alpha value is -2.02. The third kappa shape index (κ3) is 6.31. The Morgan fingerprint density at radius 1 is 1.29 bits per heavy atom. The minimum atomic E-state index is -0.501. The number of benzene rings is 1. The van der Waals surface area contributed by atoms with Gasteiger partial charge in [0.15, 0.2) is 0 Å². The molecule has 0 saturated carbocycles. The van der Waals surface area contributed by atoms with Crippen molar-refractivity contribution in [3.05, 3.63) is 34.6 Å². The SMILES string of the molecule is Cc1cc(C#CCCNC(=O)OC(C)(C)C)cc(C)c1F. The first-order valence-electron chi connectivity index (χ1n) is 6.91. The van der Waals surface area contributed by atoms with Crippen molar-refractivity contribution in [1.29, 1.82) is 0 Å². The van der Waals surface area contributed by atoms with Gasteiger partial charge >= 0.3 is 6.09 Å². The molecule has 0 spiro atoms. The first kappa shape index (κ1) is 17.0. The lowest BCUT2D eigenvalue weighted by molar-refractivity contribution is 0.0529. The zero-order chi connectivity index (χ0) is 16.0. The number of rotatable bonds is 2. The van der Waals surface area contributed by atoms with Crippen LogP contribution >= 0.6 is 0 Å². The van der Waals surface area contributed by atoms with Gasteiger partial charge in [-0.15, -0.1) is 0 Å².